The van der Waals surface area contributed by atoms with Crippen LogP contribution in [0.15, 0.2) is 41.2 Å². The lowest BCUT2D eigenvalue weighted by Gasteiger charge is -2.12. The standard InChI is InChI=1S/C14H14N2O3/c1-2-6-11-9-12(17)13(14(18)19)15-16(11)10-7-4-3-5-8-10/h3-5,7-9H,2,6H2,1H3,(H,18,19). The van der Waals surface area contributed by atoms with Gasteiger partial charge in [-0.3, -0.25) is 4.79 Å². The van der Waals surface area contributed by atoms with Crippen molar-refractivity contribution in [1.82, 2.24) is 9.78 Å². The highest BCUT2D eigenvalue weighted by atomic mass is 16.4. The third-order valence-electron chi connectivity index (χ3n) is 2.71. The molecule has 2 aromatic rings. The van der Waals surface area contributed by atoms with Gasteiger partial charge in [0, 0.05) is 11.8 Å². The quantitative estimate of drug-likeness (QED) is 0.908. The van der Waals surface area contributed by atoms with Gasteiger partial charge in [-0.2, -0.15) is 5.10 Å². The van der Waals surface area contributed by atoms with Gasteiger partial charge in [0.1, 0.15) is 0 Å². The van der Waals surface area contributed by atoms with Crippen molar-refractivity contribution >= 4 is 5.97 Å². The molecule has 0 radical (unpaired) electrons. The Morgan fingerprint density at radius 2 is 2.00 bits per heavy atom. The van der Waals surface area contributed by atoms with Crippen LogP contribution >= 0.6 is 0 Å². The number of carbonyl (C=O) groups is 1. The van der Waals surface area contributed by atoms with E-state index < -0.39 is 17.1 Å². The lowest BCUT2D eigenvalue weighted by Crippen LogP contribution is -2.23. The van der Waals surface area contributed by atoms with E-state index in [4.69, 9.17) is 5.11 Å². The summed E-state index contributed by atoms with van der Waals surface area (Å²) in [4.78, 5) is 22.7. The lowest BCUT2D eigenvalue weighted by molar-refractivity contribution is 0.0686. The molecular weight excluding hydrogens is 244 g/mol. The predicted octanol–water partition coefficient (Wildman–Crippen LogP) is 1.88. The zero-order chi connectivity index (χ0) is 13.8. The summed E-state index contributed by atoms with van der Waals surface area (Å²) < 4.78 is 1.52. The van der Waals surface area contributed by atoms with Gasteiger partial charge in [0.25, 0.3) is 0 Å². The number of para-hydroxylation sites is 1. The minimum Gasteiger partial charge on any atom is -0.476 e. The molecule has 19 heavy (non-hydrogen) atoms. The van der Waals surface area contributed by atoms with Crippen LogP contribution in [0.25, 0.3) is 5.69 Å². The summed E-state index contributed by atoms with van der Waals surface area (Å²) in [7, 11) is 0. The first-order valence-corrected chi connectivity index (χ1v) is 6.05. The van der Waals surface area contributed by atoms with Gasteiger partial charge in [-0.15, -0.1) is 0 Å². The van der Waals surface area contributed by atoms with Crippen molar-refractivity contribution in [2.75, 3.05) is 0 Å². The van der Waals surface area contributed by atoms with Crippen LogP contribution < -0.4 is 5.43 Å². The SMILES string of the molecule is CCCc1cc(=O)c(C(=O)O)nn1-c1ccccc1. The first kappa shape index (κ1) is 13.0. The number of hydrogen-bond acceptors (Lipinski definition) is 3. The topological polar surface area (TPSA) is 72.2 Å². The molecule has 1 heterocycles. The number of aromatic nitrogens is 2. The van der Waals surface area contributed by atoms with Crippen LogP contribution in [0.3, 0.4) is 0 Å². The summed E-state index contributed by atoms with van der Waals surface area (Å²) >= 11 is 0. The van der Waals surface area contributed by atoms with Crippen LogP contribution in [-0.4, -0.2) is 20.9 Å². The van der Waals surface area contributed by atoms with Gasteiger partial charge in [0.05, 0.1) is 5.69 Å². The zero-order valence-electron chi connectivity index (χ0n) is 10.5. The Balaban J connectivity index is 2.66. The Morgan fingerprint density at radius 1 is 1.32 bits per heavy atom. The van der Waals surface area contributed by atoms with E-state index >= 15 is 0 Å². The number of carboxylic acids is 1. The number of benzene rings is 1. The van der Waals surface area contributed by atoms with Crippen molar-refractivity contribution < 1.29 is 9.90 Å². The van der Waals surface area contributed by atoms with Crippen molar-refractivity contribution in [3.8, 4) is 5.69 Å². The third-order valence-corrected chi connectivity index (χ3v) is 2.71. The number of nitrogens with zero attached hydrogens (tertiary/aromatic N) is 2. The van der Waals surface area contributed by atoms with Crippen LogP contribution in [0, 0.1) is 0 Å². The van der Waals surface area contributed by atoms with E-state index in [0.29, 0.717) is 12.1 Å². The largest absolute Gasteiger partial charge is 0.476 e. The number of aryl methyl sites for hydroxylation is 1. The Bertz CT molecular complexity index is 647. The molecule has 5 nitrogen and oxygen atoms in total. The summed E-state index contributed by atoms with van der Waals surface area (Å²) in [6.45, 7) is 1.99. The molecule has 98 valence electrons. The molecular formula is C14H14N2O3. The fraction of sp³-hybridized carbons (Fsp3) is 0.214. The summed E-state index contributed by atoms with van der Waals surface area (Å²) in [6, 6.07) is 10.5. The van der Waals surface area contributed by atoms with Crippen LogP contribution in [-0.2, 0) is 6.42 Å². The van der Waals surface area contributed by atoms with Crippen molar-refractivity contribution in [1.29, 1.82) is 0 Å². The van der Waals surface area contributed by atoms with Gasteiger partial charge in [-0.1, -0.05) is 31.5 Å². The Morgan fingerprint density at radius 3 is 2.58 bits per heavy atom. The monoisotopic (exact) mass is 258 g/mol. The maximum atomic E-state index is 11.7. The molecule has 1 aromatic heterocycles. The molecule has 0 saturated carbocycles. The Kier molecular flexibility index (Phi) is 3.75. The summed E-state index contributed by atoms with van der Waals surface area (Å²) in [6.07, 6.45) is 1.51. The van der Waals surface area contributed by atoms with Crippen LogP contribution in [0.2, 0.25) is 0 Å². The van der Waals surface area contributed by atoms with Gasteiger partial charge >= 0.3 is 5.97 Å². The highest BCUT2D eigenvalue weighted by Gasteiger charge is 2.14. The first-order chi connectivity index (χ1) is 9.13. The average Bonchev–Trinajstić information content (AvgIpc) is 2.40. The van der Waals surface area contributed by atoms with E-state index in [1.165, 1.54) is 10.7 Å². The maximum absolute atomic E-state index is 11.7. The molecule has 0 atom stereocenters. The molecule has 0 saturated heterocycles. The smallest absolute Gasteiger partial charge is 0.360 e. The number of aromatic carboxylic acids is 1. The van der Waals surface area contributed by atoms with Crippen molar-refractivity contribution in [2.45, 2.75) is 19.8 Å². The minimum atomic E-state index is -1.31. The molecule has 0 amide bonds. The minimum absolute atomic E-state index is 0.455. The van der Waals surface area contributed by atoms with Crippen LogP contribution in [0.5, 0.6) is 0 Å². The van der Waals surface area contributed by atoms with Gasteiger partial charge < -0.3 is 5.11 Å². The normalized spacial score (nSPS) is 10.4. The molecule has 1 N–H and O–H groups in total. The van der Waals surface area contributed by atoms with Crippen LogP contribution in [0.1, 0.15) is 29.5 Å². The molecule has 0 unspecified atom stereocenters. The van der Waals surface area contributed by atoms with Gasteiger partial charge in [0.15, 0.2) is 0 Å². The molecule has 5 heteroatoms. The zero-order valence-corrected chi connectivity index (χ0v) is 10.5. The van der Waals surface area contributed by atoms with Crippen molar-refractivity contribution in [3.05, 3.63) is 58.0 Å². The highest BCUT2D eigenvalue weighted by molar-refractivity contribution is 5.84. The van der Waals surface area contributed by atoms with Gasteiger partial charge in [-0.25, -0.2) is 9.48 Å². The lowest BCUT2D eigenvalue weighted by atomic mass is 10.2. The summed E-state index contributed by atoms with van der Waals surface area (Å²) in [5, 5.41) is 12.9. The molecule has 0 aliphatic carbocycles. The second-order valence-electron chi connectivity index (χ2n) is 4.15. The van der Waals surface area contributed by atoms with Gasteiger partial charge in [-0.05, 0) is 18.6 Å². The summed E-state index contributed by atoms with van der Waals surface area (Å²) in [5.41, 5.74) is 0.448. The molecule has 1 aromatic carbocycles. The van der Waals surface area contributed by atoms with Crippen molar-refractivity contribution in [2.24, 2.45) is 0 Å². The second kappa shape index (κ2) is 5.48. The van der Waals surface area contributed by atoms with E-state index in [0.717, 1.165) is 12.1 Å². The predicted molar refractivity (Wildman–Crippen MR) is 70.8 cm³/mol. The Hall–Kier alpha value is -2.43. The maximum Gasteiger partial charge on any atom is 0.360 e. The fourth-order valence-corrected chi connectivity index (χ4v) is 1.87. The van der Waals surface area contributed by atoms with E-state index in [-0.39, 0.29) is 0 Å². The Labute approximate surface area is 110 Å². The first-order valence-electron chi connectivity index (χ1n) is 6.05. The number of rotatable bonds is 4. The van der Waals surface area contributed by atoms with E-state index in [2.05, 4.69) is 5.10 Å². The third kappa shape index (κ3) is 2.70. The summed E-state index contributed by atoms with van der Waals surface area (Å²) in [5.74, 6) is -1.31. The number of hydrogen-bond donors (Lipinski definition) is 1. The van der Waals surface area contributed by atoms with E-state index in [9.17, 15) is 9.59 Å². The van der Waals surface area contributed by atoms with Crippen LogP contribution in [0.4, 0.5) is 0 Å². The van der Waals surface area contributed by atoms with E-state index in [1.807, 2.05) is 37.3 Å². The number of carboxylic acid groups (broad SMARTS) is 1. The molecule has 2 rings (SSSR count). The fourth-order valence-electron chi connectivity index (χ4n) is 1.87. The second-order valence-corrected chi connectivity index (χ2v) is 4.15. The molecule has 0 spiro atoms. The highest BCUT2D eigenvalue weighted by Crippen LogP contribution is 2.10. The average molecular weight is 258 g/mol. The molecule has 0 aliphatic heterocycles. The molecule has 0 fully saturated rings. The van der Waals surface area contributed by atoms with Crippen molar-refractivity contribution in [3.63, 3.8) is 0 Å². The molecule has 0 bridgehead atoms. The van der Waals surface area contributed by atoms with E-state index in [1.54, 1.807) is 0 Å². The molecule has 0 aliphatic rings. The van der Waals surface area contributed by atoms with Gasteiger partial charge in [0.2, 0.25) is 11.1 Å².